The van der Waals surface area contributed by atoms with E-state index in [1.165, 1.54) is 12.8 Å². The summed E-state index contributed by atoms with van der Waals surface area (Å²) in [5.74, 6) is 0.713. The summed E-state index contributed by atoms with van der Waals surface area (Å²) in [5, 5.41) is 9.10. The second-order valence-electron chi connectivity index (χ2n) is 5.73. The van der Waals surface area contributed by atoms with Gasteiger partial charge in [0, 0.05) is 4.47 Å². The van der Waals surface area contributed by atoms with Gasteiger partial charge in [-0.15, -0.1) is 0 Å². The monoisotopic (exact) mass is 307 g/mol. The van der Waals surface area contributed by atoms with Crippen molar-refractivity contribution < 1.29 is 4.74 Å². The highest BCUT2D eigenvalue weighted by molar-refractivity contribution is 9.10. The highest BCUT2D eigenvalue weighted by atomic mass is 79.9. The summed E-state index contributed by atoms with van der Waals surface area (Å²) in [4.78, 5) is 0. The van der Waals surface area contributed by atoms with E-state index in [4.69, 9.17) is 10.00 Å². The van der Waals surface area contributed by atoms with Gasteiger partial charge < -0.3 is 4.74 Å². The number of nitrogens with zero attached hydrogens (tertiary/aromatic N) is 1. The van der Waals surface area contributed by atoms with E-state index in [-0.39, 0.29) is 6.10 Å². The molecule has 1 aromatic rings. The Balaban J connectivity index is 2.05. The van der Waals surface area contributed by atoms with Crippen LogP contribution in [0.5, 0.6) is 5.75 Å². The molecule has 0 amide bonds. The maximum Gasteiger partial charge on any atom is 0.137 e. The van der Waals surface area contributed by atoms with E-state index in [9.17, 15) is 0 Å². The van der Waals surface area contributed by atoms with E-state index < -0.39 is 0 Å². The van der Waals surface area contributed by atoms with Gasteiger partial charge in [-0.3, -0.25) is 0 Å². The smallest absolute Gasteiger partial charge is 0.137 e. The van der Waals surface area contributed by atoms with Crippen molar-refractivity contribution in [1.29, 1.82) is 5.26 Å². The maximum absolute atomic E-state index is 9.10. The fraction of sp³-hybridized carbons (Fsp3) is 0.533. The summed E-state index contributed by atoms with van der Waals surface area (Å²) >= 11 is 3.37. The van der Waals surface area contributed by atoms with E-state index in [1.54, 1.807) is 0 Å². The standard InChI is InChI=1S/C15H18BrNO/c1-15(2)7-5-13(6-8-15)18-14-4-3-12(16)9-11(14)10-17/h3-4,9,13H,5-8H2,1-2H3. The zero-order valence-electron chi connectivity index (χ0n) is 10.9. The third kappa shape index (κ3) is 3.26. The molecule has 3 heteroatoms. The summed E-state index contributed by atoms with van der Waals surface area (Å²) < 4.78 is 6.90. The molecule has 2 nitrogen and oxygen atoms in total. The molecule has 0 aromatic heterocycles. The molecule has 0 heterocycles. The molecule has 1 aliphatic carbocycles. The van der Waals surface area contributed by atoms with E-state index in [0.717, 1.165) is 17.3 Å². The van der Waals surface area contributed by atoms with Crippen molar-refractivity contribution >= 4 is 15.9 Å². The maximum atomic E-state index is 9.10. The minimum absolute atomic E-state index is 0.256. The first-order valence-corrected chi connectivity index (χ1v) is 7.16. The summed E-state index contributed by atoms with van der Waals surface area (Å²) in [6, 6.07) is 7.79. The van der Waals surface area contributed by atoms with Gasteiger partial charge in [0.1, 0.15) is 11.8 Å². The molecule has 0 atom stereocenters. The van der Waals surface area contributed by atoms with Gasteiger partial charge in [-0.2, -0.15) is 5.26 Å². The molecule has 0 saturated heterocycles. The molecule has 18 heavy (non-hydrogen) atoms. The van der Waals surface area contributed by atoms with Gasteiger partial charge in [-0.25, -0.2) is 0 Å². The van der Waals surface area contributed by atoms with Crippen molar-refractivity contribution in [2.45, 2.75) is 45.6 Å². The number of nitriles is 1. The van der Waals surface area contributed by atoms with Gasteiger partial charge in [0.15, 0.2) is 0 Å². The van der Waals surface area contributed by atoms with Gasteiger partial charge in [-0.1, -0.05) is 29.8 Å². The first kappa shape index (κ1) is 13.4. The summed E-state index contributed by atoms with van der Waals surface area (Å²) in [6.07, 6.45) is 4.79. The van der Waals surface area contributed by atoms with Crippen LogP contribution in [0.1, 0.15) is 45.1 Å². The van der Waals surface area contributed by atoms with Gasteiger partial charge >= 0.3 is 0 Å². The molecule has 96 valence electrons. The largest absolute Gasteiger partial charge is 0.489 e. The molecule has 1 fully saturated rings. The Morgan fingerprint density at radius 1 is 1.33 bits per heavy atom. The van der Waals surface area contributed by atoms with Crippen LogP contribution in [0.3, 0.4) is 0 Å². The molecule has 0 bridgehead atoms. The van der Waals surface area contributed by atoms with Crippen LogP contribution in [0.2, 0.25) is 0 Å². The topological polar surface area (TPSA) is 33.0 Å². The van der Waals surface area contributed by atoms with E-state index in [1.807, 2.05) is 18.2 Å². The lowest BCUT2D eigenvalue weighted by Crippen LogP contribution is -2.28. The Bertz CT molecular complexity index is 466. The van der Waals surface area contributed by atoms with E-state index in [2.05, 4.69) is 35.8 Å². The lowest BCUT2D eigenvalue weighted by molar-refractivity contribution is 0.0985. The Labute approximate surface area is 117 Å². The number of benzene rings is 1. The number of halogens is 1. The van der Waals surface area contributed by atoms with Crippen LogP contribution in [0, 0.1) is 16.7 Å². The second kappa shape index (κ2) is 5.32. The number of rotatable bonds is 2. The van der Waals surface area contributed by atoms with Crippen LogP contribution in [0.25, 0.3) is 0 Å². The molecule has 1 aliphatic rings. The number of hydrogen-bond acceptors (Lipinski definition) is 2. The van der Waals surface area contributed by atoms with Crippen molar-refractivity contribution in [1.82, 2.24) is 0 Å². The molecule has 0 aliphatic heterocycles. The highest BCUT2D eigenvalue weighted by Crippen LogP contribution is 2.37. The Kier molecular flexibility index (Phi) is 3.97. The van der Waals surface area contributed by atoms with Crippen LogP contribution in [0.4, 0.5) is 0 Å². The Morgan fingerprint density at radius 3 is 2.61 bits per heavy atom. The predicted octanol–water partition coefficient (Wildman–Crippen LogP) is 4.67. The number of ether oxygens (including phenoxy) is 1. The van der Waals surface area contributed by atoms with E-state index in [0.29, 0.717) is 16.7 Å². The molecule has 0 spiro atoms. The fourth-order valence-corrected chi connectivity index (χ4v) is 2.72. The Morgan fingerprint density at radius 2 is 2.00 bits per heavy atom. The van der Waals surface area contributed by atoms with Crippen molar-refractivity contribution in [3.63, 3.8) is 0 Å². The van der Waals surface area contributed by atoms with E-state index >= 15 is 0 Å². The van der Waals surface area contributed by atoms with Gasteiger partial charge in [0.05, 0.1) is 11.7 Å². The van der Waals surface area contributed by atoms with Gasteiger partial charge in [-0.05, 0) is 49.3 Å². The van der Waals surface area contributed by atoms with Gasteiger partial charge in [0.25, 0.3) is 0 Å². The number of hydrogen-bond donors (Lipinski definition) is 0. The van der Waals surface area contributed by atoms with Crippen LogP contribution >= 0.6 is 15.9 Å². The van der Waals surface area contributed by atoms with Crippen molar-refractivity contribution in [2.24, 2.45) is 5.41 Å². The van der Waals surface area contributed by atoms with Crippen LogP contribution < -0.4 is 4.74 Å². The van der Waals surface area contributed by atoms with Crippen molar-refractivity contribution in [2.75, 3.05) is 0 Å². The summed E-state index contributed by atoms with van der Waals surface area (Å²) in [6.45, 7) is 4.62. The fourth-order valence-electron chi connectivity index (χ4n) is 2.36. The average molecular weight is 308 g/mol. The third-order valence-electron chi connectivity index (χ3n) is 3.64. The average Bonchev–Trinajstić information content (AvgIpc) is 2.34. The van der Waals surface area contributed by atoms with Gasteiger partial charge in [0.2, 0.25) is 0 Å². The molecule has 0 unspecified atom stereocenters. The predicted molar refractivity (Wildman–Crippen MR) is 75.5 cm³/mol. The van der Waals surface area contributed by atoms with Crippen molar-refractivity contribution in [3.8, 4) is 11.8 Å². The highest BCUT2D eigenvalue weighted by Gasteiger charge is 2.28. The Hall–Kier alpha value is -1.01. The second-order valence-corrected chi connectivity index (χ2v) is 6.65. The summed E-state index contributed by atoms with van der Waals surface area (Å²) in [5.41, 5.74) is 1.05. The van der Waals surface area contributed by atoms with Crippen LogP contribution in [-0.2, 0) is 0 Å². The summed E-state index contributed by atoms with van der Waals surface area (Å²) in [7, 11) is 0. The molecule has 0 N–H and O–H groups in total. The molecule has 0 radical (unpaired) electrons. The van der Waals surface area contributed by atoms with Crippen molar-refractivity contribution in [3.05, 3.63) is 28.2 Å². The molecule has 2 rings (SSSR count). The SMILES string of the molecule is CC1(C)CCC(Oc2ccc(Br)cc2C#N)CC1. The quantitative estimate of drug-likeness (QED) is 0.795. The molecular formula is C15H18BrNO. The lowest BCUT2D eigenvalue weighted by Gasteiger charge is -2.34. The van der Waals surface area contributed by atoms with Crippen LogP contribution in [-0.4, -0.2) is 6.10 Å². The minimum atomic E-state index is 0.256. The first-order valence-electron chi connectivity index (χ1n) is 6.36. The molecule has 1 aromatic carbocycles. The first-order chi connectivity index (χ1) is 8.50. The lowest BCUT2D eigenvalue weighted by atomic mass is 9.76. The zero-order valence-corrected chi connectivity index (χ0v) is 12.5. The molecule has 1 saturated carbocycles. The normalized spacial score (nSPS) is 19.2. The molecular weight excluding hydrogens is 290 g/mol. The van der Waals surface area contributed by atoms with Crippen LogP contribution in [0.15, 0.2) is 22.7 Å². The zero-order chi connectivity index (χ0) is 13.2. The minimum Gasteiger partial charge on any atom is -0.489 e. The third-order valence-corrected chi connectivity index (χ3v) is 4.14.